The zero-order chi connectivity index (χ0) is 13.8. The summed E-state index contributed by atoms with van der Waals surface area (Å²) in [6.45, 7) is 0.831. The van der Waals surface area contributed by atoms with E-state index < -0.39 is 0 Å². The molecule has 0 aromatic heterocycles. The minimum absolute atomic E-state index is 0.231. The third-order valence-corrected chi connectivity index (χ3v) is 3.13. The van der Waals surface area contributed by atoms with E-state index in [0.717, 1.165) is 24.5 Å². The highest BCUT2D eigenvalue weighted by Crippen LogP contribution is 2.19. The quantitative estimate of drug-likeness (QED) is 0.848. The number of hydrogen-bond acceptors (Lipinski definition) is 4. The van der Waals surface area contributed by atoms with Crippen molar-refractivity contribution in [3.05, 3.63) is 60.2 Å². The lowest BCUT2D eigenvalue weighted by molar-refractivity contribution is 0.474. The molecule has 0 saturated carbocycles. The summed E-state index contributed by atoms with van der Waals surface area (Å²) < 4.78 is 0. The van der Waals surface area contributed by atoms with E-state index in [-0.39, 0.29) is 5.75 Å². The van der Waals surface area contributed by atoms with Crippen molar-refractivity contribution in [1.29, 1.82) is 0 Å². The molecule has 0 amide bonds. The first-order chi connectivity index (χ1) is 9.83. The zero-order valence-corrected chi connectivity index (χ0v) is 11.0. The molecule has 1 aliphatic rings. The largest absolute Gasteiger partial charge is 0.507 e. The molecule has 0 fully saturated rings. The number of para-hydroxylation sites is 2. The number of phenols is 1. The van der Waals surface area contributed by atoms with Gasteiger partial charge < -0.3 is 5.11 Å². The third-order valence-electron chi connectivity index (χ3n) is 3.13. The number of aliphatic imine (C=N–C) groups is 1. The fraction of sp³-hybridized carbons (Fsp3) is 0.125. The van der Waals surface area contributed by atoms with Gasteiger partial charge in [0.25, 0.3) is 0 Å². The molecule has 0 saturated heterocycles. The molecular weight excluding hydrogens is 250 g/mol. The van der Waals surface area contributed by atoms with Crippen LogP contribution in [0.5, 0.6) is 5.75 Å². The molecule has 20 heavy (non-hydrogen) atoms. The number of phenolic OH excluding ortho intramolecular Hbond substituents is 1. The standard InChI is InChI=1S/C16H15N3O/c20-15-9-5-4-6-13(15)12-17-16-10-11-19(18-16)14-7-2-1-3-8-14/h1-9,12,20H,10-11H2. The highest BCUT2D eigenvalue weighted by Gasteiger charge is 2.14. The average molecular weight is 265 g/mol. The summed E-state index contributed by atoms with van der Waals surface area (Å²) in [7, 11) is 0. The molecule has 1 aliphatic heterocycles. The van der Waals surface area contributed by atoms with Gasteiger partial charge >= 0.3 is 0 Å². The van der Waals surface area contributed by atoms with E-state index in [0.29, 0.717) is 5.56 Å². The molecule has 0 unspecified atom stereocenters. The Morgan fingerprint density at radius 2 is 1.80 bits per heavy atom. The van der Waals surface area contributed by atoms with Gasteiger partial charge in [0.05, 0.1) is 5.69 Å². The minimum atomic E-state index is 0.231. The van der Waals surface area contributed by atoms with E-state index in [2.05, 4.69) is 10.1 Å². The first-order valence-electron chi connectivity index (χ1n) is 6.55. The van der Waals surface area contributed by atoms with Crippen LogP contribution >= 0.6 is 0 Å². The molecule has 0 atom stereocenters. The Balaban J connectivity index is 1.75. The van der Waals surface area contributed by atoms with Gasteiger partial charge in [-0.15, -0.1) is 0 Å². The average Bonchev–Trinajstić information content (AvgIpc) is 2.96. The van der Waals surface area contributed by atoms with Crippen LogP contribution in [0.25, 0.3) is 0 Å². The van der Waals surface area contributed by atoms with Gasteiger partial charge in [0, 0.05) is 24.7 Å². The van der Waals surface area contributed by atoms with Gasteiger partial charge in [-0.05, 0) is 24.3 Å². The second kappa shape index (κ2) is 5.57. The van der Waals surface area contributed by atoms with Crippen LogP contribution in [0.4, 0.5) is 5.69 Å². The first kappa shape index (κ1) is 12.4. The van der Waals surface area contributed by atoms with Gasteiger partial charge in [-0.25, -0.2) is 4.99 Å². The van der Waals surface area contributed by atoms with Crippen LogP contribution < -0.4 is 5.01 Å². The number of amidine groups is 1. The minimum Gasteiger partial charge on any atom is -0.507 e. The van der Waals surface area contributed by atoms with Crippen LogP contribution in [0.1, 0.15) is 12.0 Å². The second-order valence-corrected chi connectivity index (χ2v) is 4.54. The molecule has 2 aromatic carbocycles. The fourth-order valence-corrected chi connectivity index (χ4v) is 2.06. The molecule has 1 heterocycles. The van der Waals surface area contributed by atoms with Crippen LogP contribution in [0, 0.1) is 0 Å². The van der Waals surface area contributed by atoms with Crippen molar-refractivity contribution in [3.63, 3.8) is 0 Å². The van der Waals surface area contributed by atoms with Gasteiger partial charge in [-0.1, -0.05) is 30.3 Å². The Labute approximate surface area is 117 Å². The molecule has 4 nitrogen and oxygen atoms in total. The van der Waals surface area contributed by atoms with E-state index in [9.17, 15) is 5.11 Å². The Kier molecular flexibility index (Phi) is 3.46. The molecule has 0 spiro atoms. The van der Waals surface area contributed by atoms with Crippen LogP contribution in [-0.2, 0) is 0 Å². The van der Waals surface area contributed by atoms with E-state index in [4.69, 9.17) is 0 Å². The van der Waals surface area contributed by atoms with Crippen molar-refractivity contribution in [3.8, 4) is 5.75 Å². The lowest BCUT2D eigenvalue weighted by Crippen LogP contribution is -2.11. The smallest absolute Gasteiger partial charge is 0.150 e. The summed E-state index contributed by atoms with van der Waals surface area (Å²) in [5.74, 6) is 1.01. The summed E-state index contributed by atoms with van der Waals surface area (Å²) in [5.41, 5.74) is 1.77. The highest BCUT2D eigenvalue weighted by atomic mass is 16.3. The van der Waals surface area contributed by atoms with Gasteiger partial charge in [0.1, 0.15) is 5.75 Å². The van der Waals surface area contributed by atoms with Crippen LogP contribution in [0.2, 0.25) is 0 Å². The topological polar surface area (TPSA) is 48.2 Å². The summed E-state index contributed by atoms with van der Waals surface area (Å²) in [5, 5.41) is 16.1. The van der Waals surface area contributed by atoms with Crippen molar-refractivity contribution < 1.29 is 5.11 Å². The molecule has 0 radical (unpaired) electrons. The molecule has 0 bridgehead atoms. The van der Waals surface area contributed by atoms with E-state index in [1.807, 2.05) is 47.5 Å². The summed E-state index contributed by atoms with van der Waals surface area (Å²) in [6.07, 6.45) is 2.46. The lowest BCUT2D eigenvalue weighted by Gasteiger charge is -2.11. The van der Waals surface area contributed by atoms with Crippen molar-refractivity contribution in [1.82, 2.24) is 0 Å². The zero-order valence-electron chi connectivity index (χ0n) is 11.0. The van der Waals surface area contributed by atoms with Crippen molar-refractivity contribution in [2.24, 2.45) is 10.1 Å². The third kappa shape index (κ3) is 2.69. The summed E-state index contributed by atoms with van der Waals surface area (Å²) in [4.78, 5) is 4.35. The van der Waals surface area contributed by atoms with E-state index >= 15 is 0 Å². The monoisotopic (exact) mass is 265 g/mol. The molecule has 4 heteroatoms. The first-order valence-corrected chi connectivity index (χ1v) is 6.55. The predicted molar refractivity (Wildman–Crippen MR) is 81.5 cm³/mol. The number of hydrazone groups is 1. The molecule has 3 rings (SSSR count). The van der Waals surface area contributed by atoms with Gasteiger partial charge in [0.15, 0.2) is 5.84 Å². The number of anilines is 1. The molecule has 2 aromatic rings. The lowest BCUT2D eigenvalue weighted by atomic mass is 10.2. The Bertz CT molecular complexity index is 650. The van der Waals surface area contributed by atoms with Gasteiger partial charge in [-0.3, -0.25) is 5.01 Å². The van der Waals surface area contributed by atoms with Crippen molar-refractivity contribution in [2.75, 3.05) is 11.6 Å². The van der Waals surface area contributed by atoms with E-state index in [1.165, 1.54) is 0 Å². The molecule has 0 aliphatic carbocycles. The van der Waals surface area contributed by atoms with Gasteiger partial charge in [0.2, 0.25) is 0 Å². The molecule has 1 N–H and O–H groups in total. The summed E-state index contributed by atoms with van der Waals surface area (Å²) in [6, 6.07) is 17.2. The number of hydrogen-bond donors (Lipinski definition) is 1. The SMILES string of the molecule is Oc1ccccc1C=NC1=NN(c2ccccc2)CC1. The second-order valence-electron chi connectivity index (χ2n) is 4.54. The Hall–Kier alpha value is -2.62. The Morgan fingerprint density at radius 1 is 1.05 bits per heavy atom. The molecule has 100 valence electrons. The normalized spacial score (nSPS) is 14.8. The van der Waals surface area contributed by atoms with Crippen LogP contribution in [-0.4, -0.2) is 23.7 Å². The summed E-state index contributed by atoms with van der Waals surface area (Å²) >= 11 is 0. The highest BCUT2D eigenvalue weighted by molar-refractivity contribution is 5.97. The van der Waals surface area contributed by atoms with Crippen molar-refractivity contribution >= 4 is 17.7 Å². The number of benzene rings is 2. The molecular formula is C16H15N3O. The van der Waals surface area contributed by atoms with Crippen molar-refractivity contribution in [2.45, 2.75) is 6.42 Å². The number of nitrogens with zero attached hydrogens (tertiary/aromatic N) is 3. The maximum atomic E-state index is 9.67. The fourth-order valence-electron chi connectivity index (χ4n) is 2.06. The maximum Gasteiger partial charge on any atom is 0.150 e. The van der Waals surface area contributed by atoms with E-state index in [1.54, 1.807) is 18.3 Å². The van der Waals surface area contributed by atoms with Gasteiger partial charge in [-0.2, -0.15) is 5.10 Å². The number of aromatic hydroxyl groups is 1. The van der Waals surface area contributed by atoms with Crippen LogP contribution in [0.15, 0.2) is 64.7 Å². The maximum absolute atomic E-state index is 9.67. The Morgan fingerprint density at radius 3 is 2.60 bits per heavy atom. The predicted octanol–water partition coefficient (Wildman–Crippen LogP) is 3.03. The number of rotatable bonds is 2. The van der Waals surface area contributed by atoms with Crippen LogP contribution in [0.3, 0.4) is 0 Å².